The highest BCUT2D eigenvalue weighted by Crippen LogP contribution is 2.28. The van der Waals surface area contributed by atoms with Gasteiger partial charge >= 0.3 is 12.0 Å². The Morgan fingerprint density at radius 3 is 2.40 bits per heavy atom. The van der Waals surface area contributed by atoms with E-state index >= 15 is 0 Å². The lowest BCUT2D eigenvalue weighted by atomic mass is 9.97. The summed E-state index contributed by atoms with van der Waals surface area (Å²) >= 11 is 0. The molecule has 3 amide bonds. The normalized spacial score (nSPS) is 17.1. The molecule has 0 heterocycles. The fourth-order valence-corrected chi connectivity index (χ4v) is 2.09. The second kappa shape index (κ2) is 7.12. The van der Waals surface area contributed by atoms with Crippen LogP contribution in [0.4, 0.5) is 4.79 Å². The number of carboxylic acid groups (broad SMARTS) is 1. The molecule has 1 rings (SSSR count). The number of nitrogens with zero attached hydrogens (tertiary/aromatic N) is 1. The molecule has 0 spiro atoms. The van der Waals surface area contributed by atoms with E-state index in [2.05, 4.69) is 5.32 Å². The second-order valence-electron chi connectivity index (χ2n) is 5.28. The van der Waals surface area contributed by atoms with Crippen molar-refractivity contribution < 1.29 is 19.5 Å². The standard InChI is InChI=1S/C13H23N3O4/c1-3-8(2)11(15-13(14)20)12(19)16(9-4-5-9)7-6-10(17)18/h8-9,11H,3-7H2,1-2H3,(H,17,18)(H3,14,15,20). The Hall–Kier alpha value is -1.79. The Balaban J connectivity index is 2.77. The summed E-state index contributed by atoms with van der Waals surface area (Å²) in [6.07, 6.45) is 2.39. The van der Waals surface area contributed by atoms with Gasteiger partial charge in [0.05, 0.1) is 6.42 Å². The van der Waals surface area contributed by atoms with Crippen molar-refractivity contribution >= 4 is 17.9 Å². The first kappa shape index (κ1) is 16.3. The minimum Gasteiger partial charge on any atom is -0.481 e. The minimum absolute atomic E-state index is 0.0546. The molecule has 0 aromatic carbocycles. The van der Waals surface area contributed by atoms with Gasteiger partial charge in [0, 0.05) is 12.6 Å². The van der Waals surface area contributed by atoms with Crippen LogP contribution in [-0.4, -0.2) is 46.5 Å². The molecule has 0 aromatic rings. The van der Waals surface area contributed by atoms with Crippen LogP contribution in [0.25, 0.3) is 0 Å². The molecule has 7 heteroatoms. The zero-order valence-corrected chi connectivity index (χ0v) is 12.0. The Bertz CT molecular complexity index is 382. The number of urea groups is 1. The fraction of sp³-hybridized carbons (Fsp3) is 0.769. The summed E-state index contributed by atoms with van der Waals surface area (Å²) in [6.45, 7) is 3.96. The molecule has 2 atom stereocenters. The molecule has 1 aliphatic rings. The quantitative estimate of drug-likeness (QED) is 0.604. The maximum atomic E-state index is 12.5. The molecule has 4 N–H and O–H groups in total. The topological polar surface area (TPSA) is 113 Å². The van der Waals surface area contributed by atoms with Crippen molar-refractivity contribution in [1.82, 2.24) is 10.2 Å². The van der Waals surface area contributed by atoms with Crippen molar-refractivity contribution in [2.45, 2.75) is 51.6 Å². The van der Waals surface area contributed by atoms with Gasteiger partial charge < -0.3 is 21.1 Å². The number of primary amides is 1. The van der Waals surface area contributed by atoms with Gasteiger partial charge in [0.25, 0.3) is 0 Å². The van der Waals surface area contributed by atoms with E-state index in [-0.39, 0.29) is 30.8 Å². The summed E-state index contributed by atoms with van der Waals surface area (Å²) in [5.41, 5.74) is 5.12. The van der Waals surface area contributed by atoms with Crippen LogP contribution in [0.2, 0.25) is 0 Å². The number of hydrogen-bond acceptors (Lipinski definition) is 3. The molecule has 0 bridgehead atoms. The molecule has 20 heavy (non-hydrogen) atoms. The molecule has 1 aliphatic carbocycles. The lowest BCUT2D eigenvalue weighted by Gasteiger charge is -2.30. The van der Waals surface area contributed by atoms with E-state index < -0.39 is 18.0 Å². The Kier molecular flexibility index (Phi) is 5.79. The number of aliphatic carboxylic acids is 1. The molecular weight excluding hydrogens is 262 g/mol. The number of carboxylic acids is 1. The van der Waals surface area contributed by atoms with Gasteiger partial charge in [0.2, 0.25) is 5.91 Å². The van der Waals surface area contributed by atoms with Gasteiger partial charge in [0.1, 0.15) is 6.04 Å². The van der Waals surface area contributed by atoms with Crippen molar-refractivity contribution in [2.75, 3.05) is 6.54 Å². The number of carbonyl (C=O) groups excluding carboxylic acids is 2. The molecule has 0 aromatic heterocycles. The first-order valence-electron chi connectivity index (χ1n) is 6.95. The average molecular weight is 285 g/mol. The maximum Gasteiger partial charge on any atom is 0.312 e. The molecule has 114 valence electrons. The highest BCUT2D eigenvalue weighted by molar-refractivity contribution is 5.87. The number of hydrogen-bond donors (Lipinski definition) is 3. The summed E-state index contributed by atoms with van der Waals surface area (Å²) in [7, 11) is 0. The summed E-state index contributed by atoms with van der Waals surface area (Å²) < 4.78 is 0. The number of nitrogens with one attached hydrogen (secondary N) is 1. The predicted molar refractivity (Wildman–Crippen MR) is 72.9 cm³/mol. The Labute approximate surface area is 118 Å². The molecule has 1 fully saturated rings. The smallest absolute Gasteiger partial charge is 0.312 e. The average Bonchev–Trinajstić information content (AvgIpc) is 3.19. The van der Waals surface area contributed by atoms with E-state index in [4.69, 9.17) is 10.8 Å². The molecule has 7 nitrogen and oxygen atoms in total. The Morgan fingerprint density at radius 1 is 1.40 bits per heavy atom. The number of rotatable bonds is 8. The van der Waals surface area contributed by atoms with Crippen LogP contribution in [0.5, 0.6) is 0 Å². The third-order valence-corrected chi connectivity index (χ3v) is 3.61. The zero-order chi connectivity index (χ0) is 15.3. The summed E-state index contributed by atoms with van der Waals surface area (Å²) in [5, 5.41) is 11.2. The largest absolute Gasteiger partial charge is 0.481 e. The van der Waals surface area contributed by atoms with Crippen molar-refractivity contribution in [1.29, 1.82) is 0 Å². The van der Waals surface area contributed by atoms with Gasteiger partial charge in [0.15, 0.2) is 0 Å². The van der Waals surface area contributed by atoms with Gasteiger partial charge in [-0.05, 0) is 18.8 Å². The van der Waals surface area contributed by atoms with Gasteiger partial charge in [-0.25, -0.2) is 4.79 Å². The lowest BCUT2D eigenvalue weighted by molar-refractivity contribution is -0.139. The van der Waals surface area contributed by atoms with Gasteiger partial charge in [-0.15, -0.1) is 0 Å². The third kappa shape index (κ3) is 4.71. The molecule has 0 radical (unpaired) electrons. The van der Waals surface area contributed by atoms with E-state index in [0.29, 0.717) is 6.42 Å². The van der Waals surface area contributed by atoms with Crippen LogP contribution in [0.15, 0.2) is 0 Å². The van der Waals surface area contributed by atoms with Crippen LogP contribution in [0, 0.1) is 5.92 Å². The zero-order valence-electron chi connectivity index (χ0n) is 12.0. The van der Waals surface area contributed by atoms with E-state index in [9.17, 15) is 14.4 Å². The highest BCUT2D eigenvalue weighted by Gasteiger charge is 2.37. The summed E-state index contributed by atoms with van der Waals surface area (Å²) in [5.74, 6) is -1.23. The van der Waals surface area contributed by atoms with Crippen LogP contribution in [0.1, 0.15) is 39.5 Å². The van der Waals surface area contributed by atoms with Crippen molar-refractivity contribution in [3.05, 3.63) is 0 Å². The highest BCUT2D eigenvalue weighted by atomic mass is 16.4. The summed E-state index contributed by atoms with van der Waals surface area (Å²) in [6, 6.07) is -1.33. The maximum absolute atomic E-state index is 12.5. The van der Waals surface area contributed by atoms with Gasteiger partial charge in [-0.1, -0.05) is 20.3 Å². The Morgan fingerprint density at radius 2 is 2.00 bits per heavy atom. The fourth-order valence-electron chi connectivity index (χ4n) is 2.09. The molecular formula is C13H23N3O4. The predicted octanol–water partition coefficient (Wildman–Crippen LogP) is 0.535. The molecule has 2 unspecified atom stereocenters. The van der Waals surface area contributed by atoms with Crippen LogP contribution >= 0.6 is 0 Å². The van der Waals surface area contributed by atoms with E-state index in [1.165, 1.54) is 0 Å². The molecule has 1 saturated carbocycles. The van der Waals surface area contributed by atoms with Crippen LogP contribution in [-0.2, 0) is 9.59 Å². The molecule has 0 saturated heterocycles. The number of carbonyl (C=O) groups is 3. The van der Waals surface area contributed by atoms with Crippen LogP contribution in [0.3, 0.4) is 0 Å². The third-order valence-electron chi connectivity index (χ3n) is 3.61. The van der Waals surface area contributed by atoms with Crippen molar-refractivity contribution in [2.24, 2.45) is 11.7 Å². The van der Waals surface area contributed by atoms with Crippen molar-refractivity contribution in [3.63, 3.8) is 0 Å². The first-order chi connectivity index (χ1) is 9.36. The number of amides is 3. The van der Waals surface area contributed by atoms with E-state index in [1.54, 1.807) is 4.90 Å². The summed E-state index contributed by atoms with van der Waals surface area (Å²) in [4.78, 5) is 35.8. The minimum atomic E-state index is -0.939. The number of nitrogens with two attached hydrogens (primary N) is 1. The first-order valence-corrected chi connectivity index (χ1v) is 6.95. The van der Waals surface area contributed by atoms with Gasteiger partial charge in [-0.2, -0.15) is 0 Å². The van der Waals surface area contributed by atoms with E-state index in [0.717, 1.165) is 12.8 Å². The van der Waals surface area contributed by atoms with Gasteiger partial charge in [-0.3, -0.25) is 9.59 Å². The monoisotopic (exact) mass is 285 g/mol. The molecule has 0 aliphatic heterocycles. The van der Waals surface area contributed by atoms with Crippen molar-refractivity contribution in [3.8, 4) is 0 Å². The van der Waals surface area contributed by atoms with Crippen LogP contribution < -0.4 is 11.1 Å². The SMILES string of the molecule is CCC(C)C(NC(N)=O)C(=O)N(CCC(=O)O)C1CC1. The lowest BCUT2D eigenvalue weighted by Crippen LogP contribution is -2.54. The second-order valence-corrected chi connectivity index (χ2v) is 5.28. The van der Waals surface area contributed by atoms with E-state index in [1.807, 2.05) is 13.8 Å².